The Kier molecular flexibility index (Phi) is 3.96. The van der Waals surface area contributed by atoms with Gasteiger partial charge in [-0.25, -0.2) is 0 Å². The zero-order valence-electron chi connectivity index (χ0n) is 9.32. The van der Waals surface area contributed by atoms with E-state index < -0.39 is 0 Å². The normalized spacial score (nSPS) is 25.5. The van der Waals surface area contributed by atoms with E-state index in [1.54, 1.807) is 11.3 Å². The number of nitrogens with one attached hydrogen (secondary N) is 1. The number of carbonyl (C=O) groups excluding carboxylic acids is 1. The van der Waals surface area contributed by atoms with Gasteiger partial charge in [-0.15, -0.1) is 0 Å². The second kappa shape index (κ2) is 5.46. The third-order valence-corrected chi connectivity index (χ3v) is 3.98. The molecule has 1 aliphatic rings. The van der Waals surface area contributed by atoms with Gasteiger partial charge in [-0.2, -0.15) is 11.3 Å². The zero-order valence-corrected chi connectivity index (χ0v) is 10.1. The average molecular weight is 238 g/mol. The summed E-state index contributed by atoms with van der Waals surface area (Å²) in [6.07, 6.45) is 4.13. The van der Waals surface area contributed by atoms with Gasteiger partial charge in [-0.3, -0.25) is 4.79 Å². The van der Waals surface area contributed by atoms with Crippen molar-refractivity contribution in [3.05, 3.63) is 22.4 Å². The van der Waals surface area contributed by atoms with Crippen LogP contribution in [-0.4, -0.2) is 11.9 Å². The third kappa shape index (κ3) is 3.06. The van der Waals surface area contributed by atoms with Gasteiger partial charge in [0.15, 0.2) is 0 Å². The Morgan fingerprint density at radius 1 is 1.56 bits per heavy atom. The van der Waals surface area contributed by atoms with E-state index in [1.807, 2.05) is 0 Å². The van der Waals surface area contributed by atoms with Crippen molar-refractivity contribution >= 4 is 17.2 Å². The molecule has 1 aromatic rings. The summed E-state index contributed by atoms with van der Waals surface area (Å²) in [5.74, 6) is -0.0595. The molecule has 3 nitrogen and oxygen atoms in total. The lowest BCUT2D eigenvalue weighted by molar-refractivity contribution is -0.122. The molecular formula is C12H18N2OS. The molecule has 2 rings (SSSR count). The Bertz CT molecular complexity index is 337. The highest BCUT2D eigenvalue weighted by Crippen LogP contribution is 2.24. The van der Waals surface area contributed by atoms with E-state index in [-0.39, 0.29) is 11.8 Å². The molecule has 2 atom stereocenters. The largest absolute Gasteiger partial charge is 0.369 e. The van der Waals surface area contributed by atoms with Gasteiger partial charge in [0.05, 0.1) is 0 Å². The summed E-state index contributed by atoms with van der Waals surface area (Å²) in [5, 5.41) is 7.75. The summed E-state index contributed by atoms with van der Waals surface area (Å²) in [6.45, 7) is 0.902. The van der Waals surface area contributed by atoms with Gasteiger partial charge in [-0.05, 0) is 41.7 Å². The highest BCUT2D eigenvalue weighted by Gasteiger charge is 2.25. The predicted molar refractivity (Wildman–Crippen MR) is 66.1 cm³/mol. The molecule has 1 aliphatic carbocycles. The van der Waals surface area contributed by atoms with E-state index in [0.717, 1.165) is 32.2 Å². The van der Waals surface area contributed by atoms with E-state index in [1.165, 1.54) is 5.56 Å². The molecule has 1 fully saturated rings. The second-order valence-electron chi connectivity index (χ2n) is 4.48. The van der Waals surface area contributed by atoms with Crippen LogP contribution in [0.4, 0.5) is 0 Å². The van der Waals surface area contributed by atoms with Crippen molar-refractivity contribution in [2.45, 2.75) is 38.3 Å². The van der Waals surface area contributed by atoms with Crippen molar-refractivity contribution in [3.63, 3.8) is 0 Å². The summed E-state index contributed by atoms with van der Waals surface area (Å²) in [6, 6.07) is 2.58. The molecule has 1 saturated carbocycles. The van der Waals surface area contributed by atoms with E-state index in [0.29, 0.717) is 6.04 Å². The average Bonchev–Trinajstić information content (AvgIpc) is 2.79. The van der Waals surface area contributed by atoms with Crippen LogP contribution in [0.3, 0.4) is 0 Å². The first-order valence-electron chi connectivity index (χ1n) is 5.79. The van der Waals surface area contributed by atoms with Gasteiger partial charge >= 0.3 is 0 Å². The summed E-state index contributed by atoms with van der Waals surface area (Å²) >= 11 is 1.72. The fraction of sp³-hybridized carbons (Fsp3) is 0.583. The van der Waals surface area contributed by atoms with Gasteiger partial charge in [0.2, 0.25) is 5.91 Å². The zero-order chi connectivity index (χ0) is 11.4. The third-order valence-electron chi connectivity index (χ3n) is 3.25. The van der Waals surface area contributed by atoms with Crippen LogP contribution >= 0.6 is 11.3 Å². The Labute approximate surface area is 100 Å². The van der Waals surface area contributed by atoms with Crippen LogP contribution in [0, 0.1) is 5.92 Å². The van der Waals surface area contributed by atoms with Crippen LogP contribution in [0.2, 0.25) is 0 Å². The molecule has 0 spiro atoms. The maximum atomic E-state index is 11.1. The molecule has 0 saturated heterocycles. The molecule has 1 heterocycles. The van der Waals surface area contributed by atoms with Crippen LogP contribution in [-0.2, 0) is 11.3 Å². The molecule has 1 amide bonds. The number of nitrogens with two attached hydrogens (primary N) is 1. The van der Waals surface area contributed by atoms with E-state index in [4.69, 9.17) is 5.73 Å². The van der Waals surface area contributed by atoms with Gasteiger partial charge in [0.25, 0.3) is 0 Å². The molecule has 16 heavy (non-hydrogen) atoms. The van der Waals surface area contributed by atoms with Crippen molar-refractivity contribution in [2.24, 2.45) is 11.7 Å². The van der Waals surface area contributed by atoms with Gasteiger partial charge in [0.1, 0.15) is 0 Å². The smallest absolute Gasteiger partial charge is 0.220 e. The van der Waals surface area contributed by atoms with Crippen LogP contribution < -0.4 is 11.1 Å². The molecular weight excluding hydrogens is 220 g/mol. The first-order valence-corrected chi connectivity index (χ1v) is 6.74. The summed E-state index contributed by atoms with van der Waals surface area (Å²) in [5.41, 5.74) is 6.68. The fourth-order valence-corrected chi connectivity index (χ4v) is 2.96. The minimum absolute atomic E-state index is 0.0775. The van der Waals surface area contributed by atoms with E-state index >= 15 is 0 Å². The molecule has 0 bridgehead atoms. The standard InChI is InChI=1S/C12H18N2OS/c13-12(15)10-2-1-3-11(6-10)14-7-9-4-5-16-8-9/h4-5,8,10-11,14H,1-3,6-7H2,(H2,13,15). The number of amides is 1. The number of hydrogen-bond donors (Lipinski definition) is 2. The lowest BCUT2D eigenvalue weighted by Gasteiger charge is -2.27. The number of carbonyl (C=O) groups is 1. The maximum Gasteiger partial charge on any atom is 0.220 e. The van der Waals surface area contributed by atoms with Gasteiger partial charge in [-0.1, -0.05) is 6.42 Å². The van der Waals surface area contributed by atoms with E-state index in [2.05, 4.69) is 22.1 Å². The Morgan fingerprint density at radius 2 is 2.44 bits per heavy atom. The number of primary amides is 1. The van der Waals surface area contributed by atoms with Crippen molar-refractivity contribution in [2.75, 3.05) is 0 Å². The summed E-state index contributed by atoms with van der Waals surface area (Å²) < 4.78 is 0. The Hall–Kier alpha value is -0.870. The number of rotatable bonds is 4. The minimum atomic E-state index is -0.137. The molecule has 1 aromatic heterocycles. The minimum Gasteiger partial charge on any atom is -0.369 e. The lowest BCUT2D eigenvalue weighted by Crippen LogP contribution is -2.38. The first kappa shape index (κ1) is 11.6. The van der Waals surface area contributed by atoms with Crippen molar-refractivity contribution in [3.8, 4) is 0 Å². The molecule has 2 unspecified atom stereocenters. The molecule has 88 valence electrons. The lowest BCUT2D eigenvalue weighted by atomic mass is 9.85. The molecule has 0 aromatic carbocycles. The van der Waals surface area contributed by atoms with Crippen molar-refractivity contribution < 1.29 is 4.79 Å². The van der Waals surface area contributed by atoms with Gasteiger partial charge < -0.3 is 11.1 Å². The quantitative estimate of drug-likeness (QED) is 0.841. The van der Waals surface area contributed by atoms with Crippen LogP contribution in [0.1, 0.15) is 31.2 Å². The highest BCUT2D eigenvalue weighted by atomic mass is 32.1. The Balaban J connectivity index is 1.79. The fourth-order valence-electron chi connectivity index (χ4n) is 2.29. The number of hydrogen-bond acceptors (Lipinski definition) is 3. The van der Waals surface area contributed by atoms with Crippen molar-refractivity contribution in [1.29, 1.82) is 0 Å². The van der Waals surface area contributed by atoms with Crippen LogP contribution in [0.25, 0.3) is 0 Å². The molecule has 0 radical (unpaired) electrons. The predicted octanol–water partition coefficient (Wildman–Crippen LogP) is 1.88. The molecule has 0 aliphatic heterocycles. The molecule has 4 heteroatoms. The topological polar surface area (TPSA) is 55.1 Å². The maximum absolute atomic E-state index is 11.1. The van der Waals surface area contributed by atoms with Gasteiger partial charge in [0, 0.05) is 18.5 Å². The van der Waals surface area contributed by atoms with Crippen molar-refractivity contribution in [1.82, 2.24) is 5.32 Å². The Morgan fingerprint density at radius 3 is 3.12 bits per heavy atom. The first-order chi connectivity index (χ1) is 7.75. The second-order valence-corrected chi connectivity index (χ2v) is 5.26. The highest BCUT2D eigenvalue weighted by molar-refractivity contribution is 7.07. The monoisotopic (exact) mass is 238 g/mol. The SMILES string of the molecule is NC(=O)C1CCCC(NCc2ccsc2)C1. The summed E-state index contributed by atoms with van der Waals surface area (Å²) in [4.78, 5) is 11.1. The van der Waals surface area contributed by atoms with Crippen LogP contribution in [0.15, 0.2) is 16.8 Å². The van der Waals surface area contributed by atoms with Crippen LogP contribution in [0.5, 0.6) is 0 Å². The van der Waals surface area contributed by atoms with E-state index in [9.17, 15) is 4.79 Å². The number of thiophene rings is 1. The summed E-state index contributed by atoms with van der Waals surface area (Å²) in [7, 11) is 0. The molecule has 3 N–H and O–H groups in total.